The van der Waals surface area contributed by atoms with Crippen molar-refractivity contribution in [2.24, 2.45) is 0 Å². The second kappa shape index (κ2) is 5.27. The fourth-order valence-electron chi connectivity index (χ4n) is 1.38. The van der Waals surface area contributed by atoms with E-state index in [9.17, 15) is 18.0 Å². The van der Waals surface area contributed by atoms with Gasteiger partial charge in [-0.05, 0) is 30.3 Å². The fourth-order valence-corrected chi connectivity index (χ4v) is 2.27. The molecular weight excluding hydrogens is 261 g/mol. The van der Waals surface area contributed by atoms with Gasteiger partial charge < -0.3 is 0 Å². The highest BCUT2D eigenvalue weighted by Gasteiger charge is 2.09. The molecule has 0 aliphatic heterocycles. The summed E-state index contributed by atoms with van der Waals surface area (Å²) in [4.78, 5) is 11.4. The highest BCUT2D eigenvalue weighted by Crippen LogP contribution is 2.32. The highest BCUT2D eigenvalue weighted by molar-refractivity contribution is 7.99. The smallest absolute Gasteiger partial charge is 0.151 e. The Morgan fingerprint density at radius 1 is 0.889 bits per heavy atom. The number of carbonyl (C=O) groups excluding carboxylic acids is 1. The maximum Gasteiger partial charge on any atom is 0.151 e. The minimum absolute atomic E-state index is 0.128. The zero-order valence-electron chi connectivity index (χ0n) is 8.99. The van der Waals surface area contributed by atoms with Crippen LogP contribution < -0.4 is 0 Å². The molecular formula is C13H7F3OS. The van der Waals surface area contributed by atoms with Crippen LogP contribution in [0.4, 0.5) is 13.2 Å². The summed E-state index contributed by atoms with van der Waals surface area (Å²) in [5.74, 6) is -1.94. The minimum atomic E-state index is -0.721. The van der Waals surface area contributed by atoms with Gasteiger partial charge in [-0.3, -0.25) is 4.79 Å². The van der Waals surface area contributed by atoms with E-state index in [-0.39, 0.29) is 10.5 Å². The van der Waals surface area contributed by atoms with Gasteiger partial charge in [-0.2, -0.15) is 0 Å². The van der Waals surface area contributed by atoms with Crippen molar-refractivity contribution in [1.29, 1.82) is 0 Å². The van der Waals surface area contributed by atoms with Crippen molar-refractivity contribution < 1.29 is 18.0 Å². The summed E-state index contributed by atoms with van der Waals surface area (Å²) in [7, 11) is 0. The van der Waals surface area contributed by atoms with E-state index in [0.29, 0.717) is 11.2 Å². The molecule has 5 heteroatoms. The van der Waals surface area contributed by atoms with Gasteiger partial charge >= 0.3 is 0 Å². The third kappa shape index (κ3) is 2.73. The fraction of sp³-hybridized carbons (Fsp3) is 0. The number of carbonyl (C=O) groups is 1. The zero-order valence-corrected chi connectivity index (χ0v) is 9.81. The standard InChI is InChI=1S/C13H7F3OS/c14-9-1-3-12(8(5-9)7-17)18-13-4-2-10(15)6-11(13)16/h1-7H. The summed E-state index contributed by atoms with van der Waals surface area (Å²) in [6.45, 7) is 0. The van der Waals surface area contributed by atoms with Crippen LogP contribution in [0.25, 0.3) is 0 Å². The first kappa shape index (κ1) is 12.7. The molecule has 1 nitrogen and oxygen atoms in total. The molecule has 2 aromatic rings. The van der Waals surface area contributed by atoms with Crippen molar-refractivity contribution in [3.8, 4) is 0 Å². The van der Waals surface area contributed by atoms with E-state index in [4.69, 9.17) is 0 Å². The first-order chi connectivity index (χ1) is 8.60. The molecule has 0 saturated heterocycles. The molecule has 0 atom stereocenters. The number of benzene rings is 2. The van der Waals surface area contributed by atoms with Crippen LogP contribution in [-0.4, -0.2) is 6.29 Å². The first-order valence-electron chi connectivity index (χ1n) is 4.98. The van der Waals surface area contributed by atoms with E-state index in [1.807, 2.05) is 0 Å². The predicted octanol–water partition coefficient (Wildman–Crippen LogP) is 4.07. The highest BCUT2D eigenvalue weighted by atomic mass is 32.2. The predicted molar refractivity (Wildman–Crippen MR) is 62.3 cm³/mol. The SMILES string of the molecule is O=Cc1cc(F)ccc1Sc1ccc(F)cc1F. The van der Waals surface area contributed by atoms with Crippen LogP contribution in [0, 0.1) is 17.5 Å². The molecule has 0 N–H and O–H groups in total. The van der Waals surface area contributed by atoms with Crippen LogP contribution >= 0.6 is 11.8 Å². The van der Waals surface area contributed by atoms with E-state index in [0.717, 1.165) is 30.0 Å². The molecule has 2 rings (SSSR count). The summed E-state index contributed by atoms with van der Waals surface area (Å²) in [6, 6.07) is 6.77. The third-order valence-electron chi connectivity index (χ3n) is 2.21. The van der Waals surface area contributed by atoms with E-state index in [1.54, 1.807) is 0 Å². The monoisotopic (exact) mass is 268 g/mol. The maximum atomic E-state index is 13.4. The Hall–Kier alpha value is -1.75. The van der Waals surface area contributed by atoms with Crippen LogP contribution in [0.5, 0.6) is 0 Å². The van der Waals surface area contributed by atoms with Gasteiger partial charge in [0.15, 0.2) is 6.29 Å². The van der Waals surface area contributed by atoms with Gasteiger partial charge in [-0.1, -0.05) is 11.8 Å². The number of halogens is 3. The van der Waals surface area contributed by atoms with Gasteiger partial charge in [0.2, 0.25) is 0 Å². The molecule has 18 heavy (non-hydrogen) atoms. The number of hydrogen-bond donors (Lipinski definition) is 0. The Bertz CT molecular complexity index is 599. The Kier molecular flexibility index (Phi) is 3.72. The number of rotatable bonds is 3. The third-order valence-corrected chi connectivity index (χ3v) is 3.36. The average molecular weight is 268 g/mol. The van der Waals surface area contributed by atoms with Crippen LogP contribution in [0.1, 0.15) is 10.4 Å². The molecule has 2 aromatic carbocycles. The molecule has 0 amide bonds. The van der Waals surface area contributed by atoms with Crippen LogP contribution in [-0.2, 0) is 0 Å². The summed E-state index contributed by atoms with van der Waals surface area (Å²) < 4.78 is 39.1. The topological polar surface area (TPSA) is 17.1 Å². The zero-order chi connectivity index (χ0) is 13.1. The Labute approximate surface area is 106 Å². The van der Waals surface area contributed by atoms with Crippen molar-refractivity contribution in [2.45, 2.75) is 9.79 Å². The normalized spacial score (nSPS) is 10.4. The lowest BCUT2D eigenvalue weighted by Crippen LogP contribution is -1.89. The molecule has 0 saturated carbocycles. The largest absolute Gasteiger partial charge is 0.298 e. The average Bonchev–Trinajstić information content (AvgIpc) is 2.34. The van der Waals surface area contributed by atoms with Crippen molar-refractivity contribution in [3.63, 3.8) is 0 Å². The van der Waals surface area contributed by atoms with E-state index >= 15 is 0 Å². The molecule has 0 heterocycles. The molecule has 0 spiro atoms. The lowest BCUT2D eigenvalue weighted by atomic mass is 10.2. The summed E-state index contributed by atoms with van der Waals surface area (Å²) >= 11 is 0.943. The van der Waals surface area contributed by atoms with Gasteiger partial charge in [0.05, 0.1) is 0 Å². The lowest BCUT2D eigenvalue weighted by Gasteiger charge is -2.05. The Morgan fingerprint density at radius 3 is 2.11 bits per heavy atom. The molecule has 0 aliphatic rings. The minimum Gasteiger partial charge on any atom is -0.298 e. The van der Waals surface area contributed by atoms with Crippen LogP contribution in [0.15, 0.2) is 46.2 Å². The molecule has 92 valence electrons. The molecule has 0 fully saturated rings. The maximum absolute atomic E-state index is 13.4. The summed E-state index contributed by atoms with van der Waals surface area (Å²) in [5.41, 5.74) is 0.128. The Balaban J connectivity index is 2.36. The molecule has 0 radical (unpaired) electrons. The molecule has 0 aromatic heterocycles. The Morgan fingerprint density at radius 2 is 1.50 bits per heavy atom. The second-order valence-electron chi connectivity index (χ2n) is 3.48. The molecule has 0 bridgehead atoms. The van der Waals surface area contributed by atoms with Crippen molar-refractivity contribution >= 4 is 18.0 Å². The van der Waals surface area contributed by atoms with Gasteiger partial charge in [0.1, 0.15) is 17.5 Å². The van der Waals surface area contributed by atoms with E-state index in [1.165, 1.54) is 18.2 Å². The summed E-state index contributed by atoms with van der Waals surface area (Å²) in [5, 5.41) is 0. The lowest BCUT2D eigenvalue weighted by molar-refractivity contribution is 0.112. The molecule has 0 unspecified atom stereocenters. The quantitative estimate of drug-likeness (QED) is 0.781. The van der Waals surface area contributed by atoms with Crippen LogP contribution in [0.3, 0.4) is 0 Å². The van der Waals surface area contributed by atoms with E-state index < -0.39 is 17.5 Å². The number of aldehydes is 1. The number of hydrogen-bond acceptors (Lipinski definition) is 2. The van der Waals surface area contributed by atoms with Gasteiger partial charge in [0, 0.05) is 21.4 Å². The van der Waals surface area contributed by atoms with Gasteiger partial charge in [-0.25, -0.2) is 13.2 Å². The summed E-state index contributed by atoms with van der Waals surface area (Å²) in [6.07, 6.45) is 0.493. The van der Waals surface area contributed by atoms with Crippen LogP contribution in [0.2, 0.25) is 0 Å². The van der Waals surface area contributed by atoms with Crippen molar-refractivity contribution in [3.05, 3.63) is 59.4 Å². The van der Waals surface area contributed by atoms with Crippen molar-refractivity contribution in [1.82, 2.24) is 0 Å². The van der Waals surface area contributed by atoms with Crippen molar-refractivity contribution in [2.75, 3.05) is 0 Å². The van der Waals surface area contributed by atoms with Gasteiger partial charge in [0.25, 0.3) is 0 Å². The van der Waals surface area contributed by atoms with E-state index in [2.05, 4.69) is 0 Å². The second-order valence-corrected chi connectivity index (χ2v) is 4.56. The molecule has 0 aliphatic carbocycles. The first-order valence-corrected chi connectivity index (χ1v) is 5.79. The van der Waals surface area contributed by atoms with Gasteiger partial charge in [-0.15, -0.1) is 0 Å².